The van der Waals surface area contributed by atoms with Gasteiger partial charge in [0, 0.05) is 17.3 Å². The number of hydrogen-bond acceptors (Lipinski definition) is 4. The monoisotopic (exact) mass is 216 g/mol. The maximum Gasteiger partial charge on any atom is 0.192 e. The smallest absolute Gasteiger partial charge is 0.192 e. The van der Waals surface area contributed by atoms with Crippen molar-refractivity contribution in [2.45, 2.75) is 10.1 Å². The molecule has 1 aromatic carbocycles. The van der Waals surface area contributed by atoms with Crippen LogP contribution in [0.25, 0.3) is 0 Å². The third kappa shape index (κ3) is 2.63. The lowest BCUT2D eigenvalue weighted by atomic mass is 10.4. The van der Waals surface area contributed by atoms with E-state index < -0.39 is 0 Å². The second-order valence-electron chi connectivity index (χ2n) is 2.83. The van der Waals surface area contributed by atoms with Gasteiger partial charge in [0.25, 0.3) is 0 Å². The van der Waals surface area contributed by atoms with Gasteiger partial charge in [-0.15, -0.1) is 0 Å². The van der Waals surface area contributed by atoms with Gasteiger partial charge < -0.3 is 0 Å². The number of aldehydes is 1. The lowest BCUT2D eigenvalue weighted by Crippen LogP contribution is -1.88. The standard InChI is InChI=1S/C11H8N2OS/c14-8-9-6-12-11(13-7-9)15-10-4-2-1-3-5-10/h1-8H. The highest BCUT2D eigenvalue weighted by molar-refractivity contribution is 7.99. The lowest BCUT2D eigenvalue weighted by Gasteiger charge is -1.98. The average Bonchev–Trinajstić information content (AvgIpc) is 2.31. The fourth-order valence-corrected chi connectivity index (χ4v) is 1.75. The van der Waals surface area contributed by atoms with Crippen LogP contribution in [0.3, 0.4) is 0 Å². The molecule has 0 atom stereocenters. The molecule has 0 unspecified atom stereocenters. The number of rotatable bonds is 3. The zero-order valence-corrected chi connectivity index (χ0v) is 8.65. The van der Waals surface area contributed by atoms with E-state index in [0.29, 0.717) is 10.7 Å². The Morgan fingerprint density at radius 2 is 1.73 bits per heavy atom. The number of aromatic nitrogens is 2. The average molecular weight is 216 g/mol. The molecule has 0 aliphatic rings. The second-order valence-corrected chi connectivity index (χ2v) is 3.87. The van der Waals surface area contributed by atoms with Gasteiger partial charge in [-0.25, -0.2) is 9.97 Å². The van der Waals surface area contributed by atoms with Crippen molar-refractivity contribution in [3.8, 4) is 0 Å². The van der Waals surface area contributed by atoms with Crippen molar-refractivity contribution in [1.29, 1.82) is 0 Å². The van der Waals surface area contributed by atoms with Gasteiger partial charge in [-0.1, -0.05) is 18.2 Å². The highest BCUT2D eigenvalue weighted by Crippen LogP contribution is 2.23. The van der Waals surface area contributed by atoms with E-state index in [-0.39, 0.29) is 0 Å². The van der Waals surface area contributed by atoms with Gasteiger partial charge in [-0.3, -0.25) is 4.79 Å². The molecule has 0 bridgehead atoms. The third-order valence-corrected chi connectivity index (χ3v) is 2.64. The molecule has 4 heteroatoms. The van der Waals surface area contributed by atoms with Crippen molar-refractivity contribution in [3.63, 3.8) is 0 Å². The Labute approximate surface area is 91.6 Å². The maximum absolute atomic E-state index is 10.4. The van der Waals surface area contributed by atoms with E-state index in [1.165, 1.54) is 24.2 Å². The van der Waals surface area contributed by atoms with E-state index in [9.17, 15) is 4.79 Å². The minimum Gasteiger partial charge on any atom is -0.298 e. The molecule has 0 saturated carbocycles. The van der Waals surface area contributed by atoms with Gasteiger partial charge in [-0.2, -0.15) is 0 Å². The molecule has 1 heterocycles. The number of carbonyl (C=O) groups is 1. The molecule has 74 valence electrons. The Morgan fingerprint density at radius 1 is 1.07 bits per heavy atom. The highest BCUT2D eigenvalue weighted by Gasteiger charge is 1.99. The summed E-state index contributed by atoms with van der Waals surface area (Å²) in [5, 5.41) is 0.645. The van der Waals surface area contributed by atoms with Crippen LogP contribution in [-0.2, 0) is 0 Å². The normalized spacial score (nSPS) is 9.87. The maximum atomic E-state index is 10.4. The summed E-state index contributed by atoms with van der Waals surface area (Å²) < 4.78 is 0. The van der Waals surface area contributed by atoms with E-state index in [1.807, 2.05) is 30.3 Å². The van der Waals surface area contributed by atoms with Gasteiger partial charge in [0.05, 0.1) is 5.56 Å². The van der Waals surface area contributed by atoms with E-state index in [0.717, 1.165) is 11.2 Å². The van der Waals surface area contributed by atoms with E-state index in [1.54, 1.807) is 0 Å². The lowest BCUT2D eigenvalue weighted by molar-refractivity contribution is 0.112. The zero-order valence-electron chi connectivity index (χ0n) is 7.83. The number of nitrogens with zero attached hydrogens (tertiary/aromatic N) is 2. The van der Waals surface area contributed by atoms with Crippen LogP contribution in [0.5, 0.6) is 0 Å². The summed E-state index contributed by atoms with van der Waals surface area (Å²) in [6, 6.07) is 9.86. The fourth-order valence-electron chi connectivity index (χ4n) is 1.03. The molecule has 3 nitrogen and oxygen atoms in total. The Morgan fingerprint density at radius 3 is 2.33 bits per heavy atom. The Hall–Kier alpha value is -1.68. The summed E-state index contributed by atoms with van der Waals surface area (Å²) in [5.74, 6) is 0. The van der Waals surface area contributed by atoms with Crippen LogP contribution in [-0.4, -0.2) is 16.3 Å². The van der Waals surface area contributed by atoms with E-state index in [4.69, 9.17) is 0 Å². The van der Waals surface area contributed by atoms with Crippen molar-refractivity contribution in [2.24, 2.45) is 0 Å². The van der Waals surface area contributed by atoms with Crippen molar-refractivity contribution in [2.75, 3.05) is 0 Å². The topological polar surface area (TPSA) is 42.9 Å². The van der Waals surface area contributed by atoms with Crippen LogP contribution in [0.15, 0.2) is 52.8 Å². The van der Waals surface area contributed by atoms with Crippen molar-refractivity contribution in [1.82, 2.24) is 9.97 Å². The minimum absolute atomic E-state index is 0.493. The van der Waals surface area contributed by atoms with Gasteiger partial charge in [0.1, 0.15) is 0 Å². The number of hydrogen-bond donors (Lipinski definition) is 0. The Balaban J connectivity index is 2.15. The molecule has 0 spiro atoms. The van der Waals surface area contributed by atoms with Crippen LogP contribution in [0.2, 0.25) is 0 Å². The third-order valence-electron chi connectivity index (χ3n) is 1.74. The SMILES string of the molecule is O=Cc1cnc(Sc2ccccc2)nc1. The molecular formula is C11H8N2OS. The van der Waals surface area contributed by atoms with Crippen LogP contribution < -0.4 is 0 Å². The molecule has 1 aromatic heterocycles. The second kappa shape index (κ2) is 4.70. The fraction of sp³-hybridized carbons (Fsp3) is 0. The molecule has 15 heavy (non-hydrogen) atoms. The predicted octanol–water partition coefficient (Wildman–Crippen LogP) is 2.44. The largest absolute Gasteiger partial charge is 0.298 e. The van der Waals surface area contributed by atoms with Gasteiger partial charge in [0.15, 0.2) is 11.4 Å². The number of carbonyl (C=O) groups excluding carboxylic acids is 1. The van der Waals surface area contributed by atoms with E-state index in [2.05, 4.69) is 9.97 Å². The Kier molecular flexibility index (Phi) is 3.09. The van der Waals surface area contributed by atoms with Gasteiger partial charge >= 0.3 is 0 Å². The molecule has 0 aliphatic carbocycles. The first-order chi connectivity index (χ1) is 7.38. The predicted molar refractivity (Wildman–Crippen MR) is 58.0 cm³/mol. The highest BCUT2D eigenvalue weighted by atomic mass is 32.2. The first-order valence-corrected chi connectivity index (χ1v) is 5.20. The van der Waals surface area contributed by atoms with E-state index >= 15 is 0 Å². The summed E-state index contributed by atoms with van der Waals surface area (Å²) in [6.45, 7) is 0. The summed E-state index contributed by atoms with van der Waals surface area (Å²) >= 11 is 1.47. The Bertz CT molecular complexity index is 442. The van der Waals surface area contributed by atoms with Crippen LogP contribution >= 0.6 is 11.8 Å². The molecule has 0 saturated heterocycles. The van der Waals surface area contributed by atoms with Crippen LogP contribution in [0.4, 0.5) is 0 Å². The molecule has 0 aliphatic heterocycles. The molecule has 0 radical (unpaired) electrons. The molecule has 2 aromatic rings. The molecular weight excluding hydrogens is 208 g/mol. The first kappa shape index (κ1) is 9.86. The quantitative estimate of drug-likeness (QED) is 0.584. The molecule has 0 N–H and O–H groups in total. The summed E-state index contributed by atoms with van der Waals surface area (Å²) in [6.07, 6.45) is 3.77. The van der Waals surface area contributed by atoms with Gasteiger partial charge in [-0.05, 0) is 23.9 Å². The van der Waals surface area contributed by atoms with Crippen molar-refractivity contribution < 1.29 is 4.79 Å². The van der Waals surface area contributed by atoms with Crippen LogP contribution in [0, 0.1) is 0 Å². The zero-order chi connectivity index (χ0) is 10.5. The van der Waals surface area contributed by atoms with Crippen molar-refractivity contribution in [3.05, 3.63) is 48.3 Å². The minimum atomic E-state index is 0.493. The van der Waals surface area contributed by atoms with Gasteiger partial charge in [0.2, 0.25) is 0 Å². The molecule has 0 amide bonds. The summed E-state index contributed by atoms with van der Waals surface area (Å²) in [5.41, 5.74) is 0.493. The summed E-state index contributed by atoms with van der Waals surface area (Å²) in [7, 11) is 0. The molecule has 0 fully saturated rings. The summed E-state index contributed by atoms with van der Waals surface area (Å²) in [4.78, 5) is 19.6. The first-order valence-electron chi connectivity index (χ1n) is 4.38. The number of benzene rings is 1. The molecule has 2 rings (SSSR count). The van der Waals surface area contributed by atoms with Crippen LogP contribution in [0.1, 0.15) is 10.4 Å². The van der Waals surface area contributed by atoms with Crippen molar-refractivity contribution >= 4 is 18.0 Å².